The number of fused-ring (bicyclic) bond motifs is 1. The highest BCUT2D eigenvalue weighted by atomic mass is 79.9. The average Bonchev–Trinajstić information content (AvgIpc) is 2.25. The molecule has 0 aromatic carbocycles. The van der Waals surface area contributed by atoms with Crippen LogP contribution in [-0.4, -0.2) is 17.4 Å². The Morgan fingerprint density at radius 3 is 3.00 bits per heavy atom. The molecule has 4 nitrogen and oxygen atoms in total. The summed E-state index contributed by atoms with van der Waals surface area (Å²) < 4.78 is 0.850. The number of anilines is 2. The molecule has 0 fully saturated rings. The van der Waals surface area contributed by atoms with Crippen molar-refractivity contribution in [2.45, 2.75) is 13.8 Å². The van der Waals surface area contributed by atoms with Gasteiger partial charge in [-0.1, -0.05) is 0 Å². The van der Waals surface area contributed by atoms with Crippen LogP contribution in [0.2, 0.25) is 0 Å². The molecule has 1 aliphatic rings. The molecule has 0 unspecified atom stereocenters. The number of nitrogens with zero attached hydrogens (tertiary/aromatic N) is 1. The number of pyridine rings is 1. The molecule has 80 valence electrons. The number of nitrogens with one attached hydrogen (secondary N) is 2. The van der Waals surface area contributed by atoms with E-state index in [0.717, 1.165) is 16.0 Å². The molecule has 2 heterocycles. The molecule has 1 aromatic rings. The molecule has 0 saturated heterocycles. The highest BCUT2D eigenvalue weighted by Crippen LogP contribution is 2.29. The van der Waals surface area contributed by atoms with Crippen molar-refractivity contribution in [3.63, 3.8) is 0 Å². The van der Waals surface area contributed by atoms with Crippen molar-refractivity contribution >= 4 is 33.3 Å². The molecule has 0 radical (unpaired) electrons. The number of rotatable bonds is 0. The minimum absolute atomic E-state index is 0.00801. The van der Waals surface area contributed by atoms with Crippen LogP contribution in [0.15, 0.2) is 16.7 Å². The second-order valence-electron chi connectivity index (χ2n) is 4.24. The predicted octanol–water partition coefficient (Wildman–Crippen LogP) is 2.23. The molecule has 2 N–H and O–H groups in total. The van der Waals surface area contributed by atoms with Crippen molar-refractivity contribution in [3.8, 4) is 0 Å². The zero-order valence-electron chi connectivity index (χ0n) is 8.60. The molecule has 0 atom stereocenters. The van der Waals surface area contributed by atoms with E-state index in [1.54, 1.807) is 6.20 Å². The van der Waals surface area contributed by atoms with E-state index in [2.05, 4.69) is 31.5 Å². The number of hydrogen-bond donors (Lipinski definition) is 2. The summed E-state index contributed by atoms with van der Waals surface area (Å²) in [6.45, 7) is 4.38. The minimum Gasteiger partial charge on any atom is -0.367 e. The summed E-state index contributed by atoms with van der Waals surface area (Å²) >= 11 is 3.32. The zero-order valence-corrected chi connectivity index (χ0v) is 10.2. The van der Waals surface area contributed by atoms with Gasteiger partial charge < -0.3 is 10.6 Å². The fourth-order valence-corrected chi connectivity index (χ4v) is 1.68. The van der Waals surface area contributed by atoms with Gasteiger partial charge in [0.2, 0.25) is 5.91 Å². The van der Waals surface area contributed by atoms with Gasteiger partial charge in [0.15, 0.2) is 0 Å². The fraction of sp³-hybridized carbons (Fsp3) is 0.400. The van der Waals surface area contributed by atoms with E-state index >= 15 is 0 Å². The summed E-state index contributed by atoms with van der Waals surface area (Å²) in [6, 6.07) is 1.84. The SMILES string of the molecule is CC1(C)CNc2ncc(Br)cc2NC1=O. The first-order chi connectivity index (χ1) is 6.99. The Labute approximate surface area is 96.6 Å². The second kappa shape index (κ2) is 3.48. The smallest absolute Gasteiger partial charge is 0.231 e. The second-order valence-corrected chi connectivity index (χ2v) is 5.16. The zero-order chi connectivity index (χ0) is 11.1. The first-order valence-corrected chi connectivity index (χ1v) is 5.49. The van der Waals surface area contributed by atoms with Crippen LogP contribution in [0, 0.1) is 5.41 Å². The Kier molecular flexibility index (Phi) is 2.42. The lowest BCUT2D eigenvalue weighted by Gasteiger charge is -2.19. The normalized spacial score (nSPS) is 18.5. The summed E-state index contributed by atoms with van der Waals surface area (Å²) in [4.78, 5) is 16.0. The Hall–Kier alpha value is -1.10. The molecule has 0 bridgehead atoms. The topological polar surface area (TPSA) is 54.0 Å². The fourth-order valence-electron chi connectivity index (χ4n) is 1.35. The van der Waals surface area contributed by atoms with Crippen molar-refractivity contribution in [1.29, 1.82) is 0 Å². The number of amides is 1. The minimum atomic E-state index is -0.423. The van der Waals surface area contributed by atoms with Gasteiger partial charge in [-0.05, 0) is 35.8 Å². The van der Waals surface area contributed by atoms with Crippen LogP contribution in [0.4, 0.5) is 11.5 Å². The molecule has 1 aliphatic heterocycles. The van der Waals surface area contributed by atoms with Crippen LogP contribution < -0.4 is 10.6 Å². The first-order valence-electron chi connectivity index (χ1n) is 4.70. The number of carbonyl (C=O) groups excluding carboxylic acids is 1. The van der Waals surface area contributed by atoms with Gasteiger partial charge >= 0.3 is 0 Å². The lowest BCUT2D eigenvalue weighted by molar-refractivity contribution is -0.123. The van der Waals surface area contributed by atoms with Crippen molar-refractivity contribution in [1.82, 2.24) is 4.98 Å². The third-order valence-corrected chi connectivity index (χ3v) is 2.85. The van der Waals surface area contributed by atoms with E-state index in [1.807, 2.05) is 19.9 Å². The monoisotopic (exact) mass is 269 g/mol. The maximum atomic E-state index is 11.8. The van der Waals surface area contributed by atoms with Crippen molar-refractivity contribution in [2.24, 2.45) is 5.41 Å². The van der Waals surface area contributed by atoms with E-state index in [0.29, 0.717) is 6.54 Å². The van der Waals surface area contributed by atoms with Crippen LogP contribution in [0.5, 0.6) is 0 Å². The maximum absolute atomic E-state index is 11.8. The molecule has 15 heavy (non-hydrogen) atoms. The number of carbonyl (C=O) groups is 1. The van der Waals surface area contributed by atoms with Gasteiger partial charge in [-0.15, -0.1) is 0 Å². The summed E-state index contributed by atoms with van der Waals surface area (Å²) in [5.41, 5.74) is 0.299. The van der Waals surface area contributed by atoms with E-state index in [9.17, 15) is 4.79 Å². The summed E-state index contributed by atoms with van der Waals surface area (Å²) in [5.74, 6) is 0.728. The predicted molar refractivity (Wildman–Crippen MR) is 62.8 cm³/mol. The van der Waals surface area contributed by atoms with Gasteiger partial charge in [0, 0.05) is 17.2 Å². The maximum Gasteiger partial charge on any atom is 0.231 e. The van der Waals surface area contributed by atoms with Gasteiger partial charge in [-0.25, -0.2) is 4.98 Å². The first kappa shape index (κ1) is 10.4. The van der Waals surface area contributed by atoms with E-state index in [1.165, 1.54) is 0 Å². The molecule has 2 rings (SSSR count). The highest BCUT2D eigenvalue weighted by Gasteiger charge is 2.31. The molecule has 0 spiro atoms. The molecule has 1 amide bonds. The Morgan fingerprint density at radius 2 is 2.27 bits per heavy atom. The standard InChI is InChI=1S/C10H12BrN3O/c1-10(2)5-13-8-7(14-9(10)15)3-6(11)4-12-8/h3-4H,5H2,1-2H3,(H,12,13)(H,14,15). The van der Waals surface area contributed by atoms with Crippen molar-refractivity contribution in [2.75, 3.05) is 17.2 Å². The largest absolute Gasteiger partial charge is 0.367 e. The summed E-state index contributed by atoms with van der Waals surface area (Å²) in [6.07, 6.45) is 1.70. The van der Waals surface area contributed by atoms with E-state index < -0.39 is 5.41 Å². The molecule has 5 heteroatoms. The third-order valence-electron chi connectivity index (χ3n) is 2.41. The van der Waals surface area contributed by atoms with Gasteiger partial charge in [0.1, 0.15) is 5.82 Å². The molecule has 1 aromatic heterocycles. The molecule has 0 saturated carbocycles. The van der Waals surface area contributed by atoms with Gasteiger partial charge in [0.25, 0.3) is 0 Å². The van der Waals surface area contributed by atoms with Gasteiger partial charge in [-0.2, -0.15) is 0 Å². The highest BCUT2D eigenvalue weighted by molar-refractivity contribution is 9.10. The average molecular weight is 270 g/mol. The Bertz CT molecular complexity index is 417. The Balaban J connectivity index is 2.40. The van der Waals surface area contributed by atoms with Crippen LogP contribution in [0.3, 0.4) is 0 Å². The van der Waals surface area contributed by atoms with Crippen LogP contribution in [-0.2, 0) is 4.79 Å². The lowest BCUT2D eigenvalue weighted by Crippen LogP contribution is -2.34. The van der Waals surface area contributed by atoms with Gasteiger partial charge in [-0.3, -0.25) is 4.79 Å². The molecule has 0 aliphatic carbocycles. The van der Waals surface area contributed by atoms with Gasteiger partial charge in [0.05, 0.1) is 11.1 Å². The quantitative estimate of drug-likeness (QED) is 0.760. The summed E-state index contributed by atoms with van der Waals surface area (Å²) in [5, 5.41) is 6.02. The van der Waals surface area contributed by atoms with Crippen LogP contribution >= 0.6 is 15.9 Å². The van der Waals surface area contributed by atoms with Crippen molar-refractivity contribution < 1.29 is 4.79 Å². The lowest BCUT2D eigenvalue weighted by atomic mass is 9.93. The molecular weight excluding hydrogens is 258 g/mol. The number of halogens is 1. The van der Waals surface area contributed by atoms with Crippen LogP contribution in [0.25, 0.3) is 0 Å². The van der Waals surface area contributed by atoms with E-state index in [-0.39, 0.29) is 5.91 Å². The van der Waals surface area contributed by atoms with Crippen molar-refractivity contribution in [3.05, 3.63) is 16.7 Å². The summed E-state index contributed by atoms with van der Waals surface area (Å²) in [7, 11) is 0. The number of hydrogen-bond acceptors (Lipinski definition) is 3. The third kappa shape index (κ3) is 1.97. The Morgan fingerprint density at radius 1 is 1.53 bits per heavy atom. The molecular formula is C10H12BrN3O. The van der Waals surface area contributed by atoms with E-state index in [4.69, 9.17) is 0 Å². The number of aromatic nitrogens is 1. The van der Waals surface area contributed by atoms with Crippen LogP contribution in [0.1, 0.15) is 13.8 Å².